The van der Waals surface area contributed by atoms with Gasteiger partial charge in [-0.15, -0.1) is 0 Å². The van der Waals surface area contributed by atoms with Gasteiger partial charge in [0.05, 0.1) is 11.8 Å². The summed E-state index contributed by atoms with van der Waals surface area (Å²) >= 11 is 9.02. The van der Waals surface area contributed by atoms with Crippen LogP contribution in [0.4, 0.5) is 13.2 Å². The lowest BCUT2D eigenvalue weighted by Crippen LogP contribution is -2.08. The normalized spacial score (nSPS) is 11.0. The summed E-state index contributed by atoms with van der Waals surface area (Å²) in [6.45, 7) is 0.158. The molecule has 0 heterocycles. The van der Waals surface area contributed by atoms with Gasteiger partial charge >= 0.3 is 16.7 Å². The Kier molecular flexibility index (Phi) is 8.76. The molecule has 0 aromatic heterocycles. The summed E-state index contributed by atoms with van der Waals surface area (Å²) in [6, 6.07) is 10.6. The smallest absolute Gasteiger partial charge is 0.391 e. The number of rotatable bonds is 4. The molecule has 1 N–H and O–H groups in total. The third-order valence-electron chi connectivity index (χ3n) is 2.73. The minimum Gasteiger partial charge on any atom is -0.391 e. The van der Waals surface area contributed by atoms with Crippen molar-refractivity contribution in [2.75, 3.05) is 0 Å². The molecule has 5 nitrogen and oxygen atoms in total. The predicted octanol–water partition coefficient (Wildman–Crippen LogP) is 5.30. The van der Waals surface area contributed by atoms with Crippen LogP contribution in [0.5, 0.6) is 0 Å². The molecule has 0 fully saturated rings. The number of benzene rings is 2. The molecule has 11 heteroatoms. The summed E-state index contributed by atoms with van der Waals surface area (Å²) in [5.41, 5.74) is -0.105. The molecule has 0 aliphatic rings. The lowest BCUT2D eigenvalue weighted by Gasteiger charge is -2.09. The molecule has 140 valence electrons. The topological polar surface area (TPSA) is 79.6 Å². The molecule has 0 bridgehead atoms. The van der Waals surface area contributed by atoms with Crippen molar-refractivity contribution in [1.29, 1.82) is 4.78 Å². The highest BCUT2D eigenvalue weighted by atomic mass is 79.9. The first kappa shape index (κ1) is 22.1. The Balaban J connectivity index is 0.000000765. The molecule has 2 rings (SSSR count). The predicted molar refractivity (Wildman–Crippen MR) is 94.6 cm³/mol. The van der Waals surface area contributed by atoms with E-state index in [0.717, 1.165) is 22.3 Å². The number of nitrogens with zero attached hydrogens (tertiary/aromatic N) is 1. The van der Waals surface area contributed by atoms with E-state index < -0.39 is 22.2 Å². The SMILES string of the molecule is FC(F)(F)c1ccc(Cl)cc1/C=N/OCc1ccc(Br)cc1.N=S(=O)=O. The number of halogens is 5. The summed E-state index contributed by atoms with van der Waals surface area (Å²) in [5.74, 6) is 0. The zero-order valence-electron chi connectivity index (χ0n) is 12.8. The van der Waals surface area contributed by atoms with Crippen LogP contribution in [0, 0.1) is 4.78 Å². The fraction of sp³-hybridized carbons (Fsp3) is 0.133. The highest BCUT2D eigenvalue weighted by molar-refractivity contribution is 9.10. The first-order valence-corrected chi connectivity index (χ1v) is 8.91. The first-order chi connectivity index (χ1) is 12.1. The molecule has 0 unspecified atom stereocenters. The third-order valence-corrected chi connectivity index (χ3v) is 3.49. The molecule has 0 aliphatic heterocycles. The molecule has 0 atom stereocenters. The Hall–Kier alpha value is -1.91. The van der Waals surface area contributed by atoms with Crippen LogP contribution in [-0.2, 0) is 28.1 Å². The lowest BCUT2D eigenvalue weighted by molar-refractivity contribution is -0.137. The van der Waals surface area contributed by atoms with Gasteiger partial charge in [0.1, 0.15) is 6.61 Å². The highest BCUT2D eigenvalue weighted by Gasteiger charge is 2.32. The summed E-state index contributed by atoms with van der Waals surface area (Å²) in [7, 11) is -2.61. The van der Waals surface area contributed by atoms with Gasteiger partial charge < -0.3 is 4.84 Å². The summed E-state index contributed by atoms with van der Waals surface area (Å²) in [6.07, 6.45) is -3.47. The number of nitrogens with one attached hydrogen (secondary N) is 1. The number of hydrogen-bond acceptors (Lipinski definition) is 5. The zero-order chi connectivity index (χ0) is 19.7. The van der Waals surface area contributed by atoms with Crippen molar-refractivity contribution in [3.8, 4) is 0 Å². The Morgan fingerprint density at radius 3 is 2.31 bits per heavy atom. The first-order valence-electron chi connectivity index (χ1n) is 6.66. The van der Waals surface area contributed by atoms with Gasteiger partial charge in [0.2, 0.25) is 0 Å². The Morgan fingerprint density at radius 1 is 1.19 bits per heavy atom. The van der Waals surface area contributed by atoms with Crippen LogP contribution >= 0.6 is 27.5 Å². The van der Waals surface area contributed by atoms with Gasteiger partial charge in [-0.3, -0.25) is 0 Å². The van der Waals surface area contributed by atoms with E-state index in [1.54, 1.807) is 0 Å². The van der Waals surface area contributed by atoms with E-state index in [9.17, 15) is 13.2 Å². The molecule has 0 spiro atoms. The molecule has 2 aromatic rings. The van der Waals surface area contributed by atoms with E-state index in [1.807, 2.05) is 24.3 Å². The second-order valence-electron chi connectivity index (χ2n) is 4.60. The van der Waals surface area contributed by atoms with E-state index in [2.05, 4.69) is 21.1 Å². The molecular weight excluding hydrogens is 461 g/mol. The number of alkyl halides is 3. The van der Waals surface area contributed by atoms with E-state index in [4.69, 9.17) is 29.6 Å². The lowest BCUT2D eigenvalue weighted by atomic mass is 10.1. The van der Waals surface area contributed by atoms with Gasteiger partial charge in [-0.25, -0.2) is 0 Å². The summed E-state index contributed by atoms with van der Waals surface area (Å²) < 4.78 is 62.3. The van der Waals surface area contributed by atoms with E-state index in [-0.39, 0.29) is 17.2 Å². The second kappa shape index (κ2) is 10.3. The van der Waals surface area contributed by atoms with Crippen LogP contribution in [0.25, 0.3) is 0 Å². The van der Waals surface area contributed by atoms with Crippen molar-refractivity contribution >= 4 is 44.2 Å². The quantitative estimate of drug-likeness (QED) is 0.485. The second-order valence-corrected chi connectivity index (χ2v) is 6.42. The fourth-order valence-electron chi connectivity index (χ4n) is 1.69. The summed E-state index contributed by atoms with van der Waals surface area (Å²) in [5, 5.41) is 3.78. The van der Waals surface area contributed by atoms with Crippen LogP contribution in [0.15, 0.2) is 52.1 Å². The van der Waals surface area contributed by atoms with Crippen molar-refractivity contribution in [3.63, 3.8) is 0 Å². The fourth-order valence-corrected chi connectivity index (χ4v) is 2.13. The molecule has 0 saturated heterocycles. The van der Waals surface area contributed by atoms with Crippen molar-refractivity contribution in [1.82, 2.24) is 0 Å². The minimum absolute atomic E-state index is 0.143. The van der Waals surface area contributed by atoms with E-state index in [1.165, 1.54) is 12.1 Å². The van der Waals surface area contributed by atoms with Gasteiger partial charge in [-0.2, -0.15) is 26.4 Å². The van der Waals surface area contributed by atoms with E-state index >= 15 is 0 Å². The van der Waals surface area contributed by atoms with Gasteiger partial charge in [0.25, 0.3) is 0 Å². The molecule has 0 amide bonds. The maximum Gasteiger partial charge on any atom is 0.417 e. The van der Waals surface area contributed by atoms with Crippen molar-refractivity contribution in [2.45, 2.75) is 12.8 Å². The van der Waals surface area contributed by atoms with Crippen molar-refractivity contribution in [2.24, 2.45) is 5.16 Å². The van der Waals surface area contributed by atoms with Crippen molar-refractivity contribution in [3.05, 3.63) is 68.7 Å². The standard InChI is InChI=1S/C15H10BrClF3NO.HNO2S/c16-12-3-1-10(2-4-12)9-22-21-8-11-7-13(17)5-6-14(11)15(18,19)20;1-4(2)3/h1-8H,9H2;1H/b21-8+;. The average molecular weight is 472 g/mol. The maximum absolute atomic E-state index is 12.8. The molecule has 0 aliphatic carbocycles. The molecule has 26 heavy (non-hydrogen) atoms. The van der Waals surface area contributed by atoms with Crippen molar-refractivity contribution < 1.29 is 26.4 Å². The molecule has 0 radical (unpaired) electrons. The van der Waals surface area contributed by atoms with Gasteiger partial charge in [-0.1, -0.05) is 44.8 Å². The number of oxime groups is 1. The monoisotopic (exact) mass is 470 g/mol. The Morgan fingerprint density at radius 2 is 1.77 bits per heavy atom. The average Bonchev–Trinajstić information content (AvgIpc) is 2.51. The molecule has 2 aromatic carbocycles. The highest BCUT2D eigenvalue weighted by Crippen LogP contribution is 2.32. The van der Waals surface area contributed by atoms with Gasteiger partial charge in [0.15, 0.2) is 0 Å². The Labute approximate surface area is 162 Å². The van der Waals surface area contributed by atoms with Gasteiger partial charge in [0, 0.05) is 15.1 Å². The van der Waals surface area contributed by atoms with Crippen LogP contribution in [-0.4, -0.2) is 14.6 Å². The van der Waals surface area contributed by atoms with Crippen LogP contribution in [0.1, 0.15) is 16.7 Å². The summed E-state index contributed by atoms with van der Waals surface area (Å²) in [4.78, 5) is 5.01. The zero-order valence-corrected chi connectivity index (χ0v) is 16.0. The van der Waals surface area contributed by atoms with Gasteiger partial charge in [-0.05, 0) is 35.9 Å². The van der Waals surface area contributed by atoms with Crippen LogP contribution in [0.3, 0.4) is 0 Å². The third kappa shape index (κ3) is 8.45. The minimum atomic E-state index is -4.47. The molecule has 0 saturated carbocycles. The Bertz CT molecular complexity index is 866. The number of hydrogen-bond donors (Lipinski definition) is 1. The van der Waals surface area contributed by atoms with Crippen LogP contribution < -0.4 is 0 Å². The maximum atomic E-state index is 12.8. The van der Waals surface area contributed by atoms with E-state index in [0.29, 0.717) is 0 Å². The molecular formula is C15H11BrClF3N2O3S. The largest absolute Gasteiger partial charge is 0.417 e. The van der Waals surface area contributed by atoms with Crippen LogP contribution in [0.2, 0.25) is 5.02 Å².